The van der Waals surface area contributed by atoms with Crippen LogP contribution >= 0.6 is 11.3 Å². The highest BCUT2D eigenvalue weighted by atomic mass is 32.2. The van der Waals surface area contributed by atoms with Gasteiger partial charge in [0, 0.05) is 30.1 Å². The predicted molar refractivity (Wildman–Crippen MR) is 105 cm³/mol. The molecule has 0 aliphatic carbocycles. The fraction of sp³-hybridized carbons (Fsp3) is 0.389. The van der Waals surface area contributed by atoms with Crippen LogP contribution < -0.4 is 5.32 Å². The number of amides is 1. The van der Waals surface area contributed by atoms with Crippen molar-refractivity contribution in [3.63, 3.8) is 0 Å². The maximum Gasteiger partial charge on any atom is 0.339 e. The third-order valence-electron chi connectivity index (χ3n) is 4.59. The lowest BCUT2D eigenvalue weighted by molar-refractivity contribution is -0.120. The molecule has 3 rings (SSSR count). The number of esters is 1. The Bertz CT molecular complexity index is 979. The molecule has 1 amide bonds. The topological polar surface area (TPSA) is 106 Å². The summed E-state index contributed by atoms with van der Waals surface area (Å²) >= 11 is 1.40. The summed E-state index contributed by atoms with van der Waals surface area (Å²) in [5, 5.41) is 3.33. The average molecular weight is 424 g/mol. The summed E-state index contributed by atoms with van der Waals surface area (Å²) < 4.78 is 32.0. The van der Waals surface area contributed by atoms with Gasteiger partial charge in [0.25, 0.3) is 0 Å². The Morgan fingerprint density at radius 2 is 1.93 bits per heavy atom. The van der Waals surface area contributed by atoms with Crippen LogP contribution in [0, 0.1) is 12.8 Å². The van der Waals surface area contributed by atoms with E-state index in [2.05, 4.69) is 15.0 Å². The van der Waals surface area contributed by atoms with Gasteiger partial charge in [-0.3, -0.25) is 4.79 Å². The standard InChI is InChI=1S/C18H21N3O5S2/c1-12-11-19-18(27-12)20-16(22)13-7-9-21(10-8-13)28(24,25)15-6-4-3-5-14(15)17(23)26-2/h3-6,11,13H,7-10H2,1-2H3,(H,19,20,22). The number of carbonyl (C=O) groups excluding carboxylic acids is 2. The maximum atomic E-state index is 13.0. The Balaban J connectivity index is 1.69. The summed E-state index contributed by atoms with van der Waals surface area (Å²) in [4.78, 5) is 29.4. The van der Waals surface area contributed by atoms with Crippen LogP contribution in [0.1, 0.15) is 28.1 Å². The molecule has 1 aliphatic rings. The first-order chi connectivity index (χ1) is 13.3. The smallest absolute Gasteiger partial charge is 0.339 e. The number of sulfonamides is 1. The molecule has 28 heavy (non-hydrogen) atoms. The summed E-state index contributed by atoms with van der Waals surface area (Å²) in [5.41, 5.74) is 0.00371. The van der Waals surface area contributed by atoms with E-state index in [9.17, 15) is 18.0 Å². The number of hydrogen-bond acceptors (Lipinski definition) is 7. The molecule has 2 heterocycles. The van der Waals surface area contributed by atoms with Gasteiger partial charge < -0.3 is 10.1 Å². The first-order valence-electron chi connectivity index (χ1n) is 8.73. The predicted octanol–water partition coefficient (Wildman–Crippen LogP) is 2.28. The lowest BCUT2D eigenvalue weighted by atomic mass is 9.97. The third kappa shape index (κ3) is 4.23. The van der Waals surface area contributed by atoms with E-state index < -0.39 is 16.0 Å². The van der Waals surface area contributed by atoms with E-state index in [4.69, 9.17) is 0 Å². The zero-order chi connectivity index (χ0) is 20.3. The number of methoxy groups -OCH3 is 1. The SMILES string of the molecule is COC(=O)c1ccccc1S(=O)(=O)N1CCC(C(=O)Nc2ncc(C)s2)CC1. The molecule has 1 aliphatic heterocycles. The zero-order valence-corrected chi connectivity index (χ0v) is 17.2. The number of anilines is 1. The first kappa shape index (κ1) is 20.4. The second kappa shape index (κ2) is 8.38. The minimum atomic E-state index is -3.86. The van der Waals surface area contributed by atoms with Crippen LogP contribution in [0.4, 0.5) is 5.13 Å². The molecule has 1 N–H and O–H groups in total. The molecule has 1 saturated heterocycles. The normalized spacial score (nSPS) is 15.9. The van der Waals surface area contributed by atoms with Gasteiger partial charge >= 0.3 is 5.97 Å². The van der Waals surface area contributed by atoms with E-state index in [1.807, 2.05) is 6.92 Å². The third-order valence-corrected chi connectivity index (χ3v) is 7.37. The van der Waals surface area contributed by atoms with E-state index in [1.165, 1.54) is 34.9 Å². The summed E-state index contributed by atoms with van der Waals surface area (Å²) in [6.45, 7) is 2.31. The number of piperidine rings is 1. The molecular formula is C18H21N3O5S2. The van der Waals surface area contributed by atoms with E-state index in [-0.39, 0.29) is 35.4 Å². The number of nitrogens with one attached hydrogen (secondary N) is 1. The second-order valence-corrected chi connectivity index (χ2v) is 9.57. The van der Waals surface area contributed by atoms with Gasteiger partial charge in [0.2, 0.25) is 15.9 Å². The fourth-order valence-corrected chi connectivity index (χ4v) is 5.40. The lowest BCUT2D eigenvalue weighted by Crippen LogP contribution is -2.41. The Morgan fingerprint density at radius 3 is 2.54 bits per heavy atom. The van der Waals surface area contributed by atoms with Crippen molar-refractivity contribution in [1.29, 1.82) is 0 Å². The van der Waals surface area contributed by atoms with Gasteiger partial charge in [-0.05, 0) is 31.9 Å². The number of benzene rings is 1. The van der Waals surface area contributed by atoms with Crippen molar-refractivity contribution >= 4 is 38.4 Å². The molecule has 0 atom stereocenters. The van der Waals surface area contributed by atoms with E-state index in [0.29, 0.717) is 18.0 Å². The van der Waals surface area contributed by atoms with Crippen LogP contribution in [-0.4, -0.2) is 49.8 Å². The summed E-state index contributed by atoms with van der Waals surface area (Å²) in [7, 11) is -2.65. The van der Waals surface area contributed by atoms with E-state index >= 15 is 0 Å². The molecule has 0 bridgehead atoms. The van der Waals surface area contributed by atoms with E-state index in [0.717, 1.165) is 4.88 Å². The molecule has 10 heteroatoms. The van der Waals surface area contributed by atoms with Crippen LogP contribution in [0.25, 0.3) is 0 Å². The Labute approximate surface area is 167 Å². The maximum absolute atomic E-state index is 13.0. The molecule has 1 aromatic carbocycles. The molecule has 8 nitrogen and oxygen atoms in total. The van der Waals surface area contributed by atoms with Gasteiger partial charge in [-0.2, -0.15) is 4.31 Å². The minimum Gasteiger partial charge on any atom is -0.465 e. The summed E-state index contributed by atoms with van der Waals surface area (Å²) in [6.07, 6.45) is 2.49. The number of hydrogen-bond donors (Lipinski definition) is 1. The molecule has 1 aromatic heterocycles. The van der Waals surface area contributed by atoms with Crippen molar-refractivity contribution in [2.45, 2.75) is 24.7 Å². The Hall–Kier alpha value is -2.30. The molecule has 0 radical (unpaired) electrons. The number of nitrogens with zero attached hydrogens (tertiary/aromatic N) is 2. The number of carbonyl (C=O) groups is 2. The average Bonchev–Trinajstić information content (AvgIpc) is 3.12. The molecule has 0 spiro atoms. The molecule has 0 saturated carbocycles. The van der Waals surface area contributed by atoms with Crippen LogP contribution in [0.5, 0.6) is 0 Å². The molecule has 1 fully saturated rings. The largest absolute Gasteiger partial charge is 0.465 e. The Morgan fingerprint density at radius 1 is 1.25 bits per heavy atom. The van der Waals surface area contributed by atoms with Crippen molar-refractivity contribution < 1.29 is 22.7 Å². The number of rotatable bonds is 5. The quantitative estimate of drug-likeness (QED) is 0.740. The van der Waals surface area contributed by atoms with Crippen molar-refractivity contribution in [2.24, 2.45) is 5.92 Å². The highest BCUT2D eigenvalue weighted by Gasteiger charge is 2.34. The molecule has 0 unspecified atom stereocenters. The van der Waals surface area contributed by atoms with Gasteiger partial charge in [0.15, 0.2) is 5.13 Å². The number of aryl methyl sites for hydroxylation is 1. The van der Waals surface area contributed by atoms with Gasteiger partial charge in [0.05, 0.1) is 17.6 Å². The summed E-state index contributed by atoms with van der Waals surface area (Å²) in [5.74, 6) is -1.14. The molecule has 2 aromatic rings. The monoisotopic (exact) mass is 423 g/mol. The molecule has 150 valence electrons. The van der Waals surface area contributed by atoms with Gasteiger partial charge in [-0.15, -0.1) is 11.3 Å². The second-order valence-electron chi connectivity index (χ2n) is 6.43. The number of aromatic nitrogens is 1. The number of thiazole rings is 1. The van der Waals surface area contributed by atoms with Crippen molar-refractivity contribution in [3.8, 4) is 0 Å². The Kier molecular flexibility index (Phi) is 6.11. The van der Waals surface area contributed by atoms with Gasteiger partial charge in [-0.25, -0.2) is 18.2 Å². The lowest BCUT2D eigenvalue weighted by Gasteiger charge is -2.30. The van der Waals surface area contributed by atoms with Crippen LogP contribution in [0.15, 0.2) is 35.4 Å². The summed E-state index contributed by atoms with van der Waals surface area (Å²) in [6, 6.07) is 5.97. The van der Waals surface area contributed by atoms with Crippen molar-refractivity contribution in [1.82, 2.24) is 9.29 Å². The van der Waals surface area contributed by atoms with Crippen LogP contribution in [-0.2, 0) is 19.6 Å². The van der Waals surface area contributed by atoms with Crippen LogP contribution in [0.3, 0.4) is 0 Å². The minimum absolute atomic E-state index is 0.00371. The highest BCUT2D eigenvalue weighted by molar-refractivity contribution is 7.89. The van der Waals surface area contributed by atoms with E-state index in [1.54, 1.807) is 18.3 Å². The zero-order valence-electron chi connectivity index (χ0n) is 15.5. The first-order valence-corrected chi connectivity index (χ1v) is 11.0. The van der Waals surface area contributed by atoms with Gasteiger partial charge in [-0.1, -0.05) is 12.1 Å². The fourth-order valence-electron chi connectivity index (χ4n) is 3.09. The van der Waals surface area contributed by atoms with Crippen molar-refractivity contribution in [3.05, 3.63) is 40.9 Å². The van der Waals surface area contributed by atoms with Crippen molar-refractivity contribution in [2.75, 3.05) is 25.5 Å². The van der Waals surface area contributed by atoms with Crippen LogP contribution in [0.2, 0.25) is 0 Å². The van der Waals surface area contributed by atoms with Gasteiger partial charge in [0.1, 0.15) is 0 Å². The molecular weight excluding hydrogens is 402 g/mol. The number of ether oxygens (including phenoxy) is 1. The highest BCUT2D eigenvalue weighted by Crippen LogP contribution is 2.27.